The Morgan fingerprint density at radius 1 is 1.48 bits per heavy atom. The van der Waals surface area contributed by atoms with Gasteiger partial charge in [0.15, 0.2) is 0 Å². The summed E-state index contributed by atoms with van der Waals surface area (Å²) in [4.78, 5) is 8.66. The lowest BCUT2D eigenvalue weighted by Gasteiger charge is -2.18. The van der Waals surface area contributed by atoms with E-state index in [-0.39, 0.29) is 10.9 Å². The van der Waals surface area contributed by atoms with Crippen LogP contribution in [0.4, 0.5) is 5.82 Å². The summed E-state index contributed by atoms with van der Waals surface area (Å²) in [5.74, 6) is 0.760. The van der Waals surface area contributed by atoms with Crippen molar-refractivity contribution in [1.82, 2.24) is 9.97 Å². The molecule has 3 rings (SSSR count). The number of aromatic nitrogens is 2. The molecular weight excluding hydrogens is 308 g/mol. The topological polar surface area (TPSA) is 98.0 Å². The molecule has 0 unspecified atom stereocenters. The fourth-order valence-electron chi connectivity index (χ4n) is 2.20. The number of hydrogen-bond donors (Lipinski definition) is 2. The molecule has 0 spiro atoms. The maximum atomic E-state index is 11.6. The Bertz CT molecular complexity index is 753. The van der Waals surface area contributed by atoms with Crippen LogP contribution >= 0.6 is 11.3 Å². The summed E-state index contributed by atoms with van der Waals surface area (Å²) in [7, 11) is -3.80. The monoisotopic (exact) mass is 324 g/mol. The average molecular weight is 324 g/mol. The van der Waals surface area contributed by atoms with Crippen molar-refractivity contribution in [3.63, 3.8) is 0 Å². The van der Waals surface area contributed by atoms with Gasteiger partial charge in [-0.1, -0.05) is 0 Å². The first kappa shape index (κ1) is 14.4. The minimum absolute atomic E-state index is 0.0147. The molecule has 2 aromatic rings. The van der Waals surface area contributed by atoms with Gasteiger partial charge in [-0.3, -0.25) is 0 Å². The number of rotatable bonds is 5. The standard InChI is InChI=1S/C13H16N4O2S2/c1-8-7-20-13(16-8)11(9-4-5-9)17-12-10(21(14,18)19)3-2-6-15-12/h2-3,6-7,9,11H,4-5H2,1H3,(H,15,17)(H2,14,18,19)/t11-/m1/s1. The molecule has 0 saturated heterocycles. The summed E-state index contributed by atoms with van der Waals surface area (Å²) in [6, 6.07) is 3.01. The van der Waals surface area contributed by atoms with Crippen molar-refractivity contribution in [3.8, 4) is 0 Å². The molecule has 8 heteroatoms. The fourth-order valence-corrected chi connectivity index (χ4v) is 3.79. The lowest BCUT2D eigenvalue weighted by Crippen LogP contribution is -2.19. The number of aryl methyl sites for hydroxylation is 1. The van der Waals surface area contributed by atoms with Crippen LogP contribution in [-0.4, -0.2) is 18.4 Å². The van der Waals surface area contributed by atoms with Gasteiger partial charge in [0, 0.05) is 17.3 Å². The molecule has 0 bridgehead atoms. The van der Waals surface area contributed by atoms with Crippen LogP contribution in [0.15, 0.2) is 28.6 Å². The normalized spacial score (nSPS) is 16.7. The van der Waals surface area contributed by atoms with Crippen molar-refractivity contribution in [1.29, 1.82) is 0 Å². The van der Waals surface area contributed by atoms with Crippen LogP contribution in [0.3, 0.4) is 0 Å². The lowest BCUT2D eigenvalue weighted by molar-refractivity contribution is 0.596. The second-order valence-electron chi connectivity index (χ2n) is 5.18. The van der Waals surface area contributed by atoms with E-state index in [1.165, 1.54) is 6.07 Å². The first-order valence-electron chi connectivity index (χ1n) is 6.61. The molecule has 0 aliphatic heterocycles. The first-order chi connectivity index (χ1) is 9.95. The van der Waals surface area contributed by atoms with Gasteiger partial charge in [-0.2, -0.15) is 0 Å². The Balaban J connectivity index is 1.94. The molecule has 2 heterocycles. The third-order valence-corrected chi connectivity index (χ3v) is 5.35. The highest BCUT2D eigenvalue weighted by Gasteiger charge is 2.35. The lowest BCUT2D eigenvalue weighted by atomic mass is 10.2. The van der Waals surface area contributed by atoms with Gasteiger partial charge in [0.2, 0.25) is 10.0 Å². The number of nitrogens with two attached hydrogens (primary N) is 1. The van der Waals surface area contributed by atoms with Crippen LogP contribution in [0.25, 0.3) is 0 Å². The molecule has 1 aliphatic rings. The molecule has 0 amide bonds. The van der Waals surface area contributed by atoms with Crippen molar-refractivity contribution < 1.29 is 8.42 Å². The third kappa shape index (κ3) is 3.22. The molecule has 0 aromatic carbocycles. The fraction of sp³-hybridized carbons (Fsp3) is 0.385. The van der Waals surface area contributed by atoms with Crippen LogP contribution < -0.4 is 10.5 Å². The van der Waals surface area contributed by atoms with Crippen LogP contribution in [0.1, 0.15) is 29.6 Å². The average Bonchev–Trinajstić information content (AvgIpc) is 3.17. The zero-order valence-electron chi connectivity index (χ0n) is 11.5. The molecule has 1 atom stereocenters. The Morgan fingerprint density at radius 2 is 2.24 bits per heavy atom. The number of pyridine rings is 1. The highest BCUT2D eigenvalue weighted by atomic mass is 32.2. The van der Waals surface area contributed by atoms with Gasteiger partial charge < -0.3 is 5.32 Å². The van der Waals surface area contributed by atoms with Crippen LogP contribution in [0.2, 0.25) is 0 Å². The number of nitrogens with one attached hydrogen (secondary N) is 1. The Hall–Kier alpha value is -1.51. The quantitative estimate of drug-likeness (QED) is 0.877. The van der Waals surface area contributed by atoms with Gasteiger partial charge >= 0.3 is 0 Å². The van der Waals surface area contributed by atoms with Crippen molar-refractivity contribution in [2.24, 2.45) is 11.1 Å². The van der Waals surface area contributed by atoms with E-state index in [4.69, 9.17) is 5.14 Å². The predicted molar refractivity (Wildman–Crippen MR) is 81.5 cm³/mol. The van der Waals surface area contributed by atoms with E-state index in [1.807, 2.05) is 12.3 Å². The second kappa shape index (κ2) is 5.36. The molecular formula is C13H16N4O2S2. The third-order valence-electron chi connectivity index (χ3n) is 3.37. The Kier molecular flexibility index (Phi) is 3.68. The van der Waals surface area contributed by atoms with Gasteiger partial charge in [0.25, 0.3) is 0 Å². The highest BCUT2D eigenvalue weighted by molar-refractivity contribution is 7.89. The van der Waals surface area contributed by atoms with Gasteiger partial charge in [-0.05, 0) is 37.8 Å². The molecule has 1 fully saturated rings. The minimum atomic E-state index is -3.80. The summed E-state index contributed by atoms with van der Waals surface area (Å²) in [6.07, 6.45) is 3.76. The van der Waals surface area contributed by atoms with E-state index in [0.29, 0.717) is 11.7 Å². The van der Waals surface area contributed by atoms with Crippen molar-refractivity contribution in [2.45, 2.75) is 30.7 Å². The van der Waals surface area contributed by atoms with Gasteiger partial charge in [0.1, 0.15) is 15.7 Å². The Labute approximate surface area is 127 Å². The molecule has 6 nitrogen and oxygen atoms in total. The van der Waals surface area contributed by atoms with Gasteiger partial charge in [-0.25, -0.2) is 23.5 Å². The van der Waals surface area contributed by atoms with E-state index in [1.54, 1.807) is 23.6 Å². The van der Waals surface area contributed by atoms with Crippen LogP contribution in [0, 0.1) is 12.8 Å². The summed E-state index contributed by atoms with van der Waals surface area (Å²) in [5.41, 5.74) is 0.968. The van der Waals surface area contributed by atoms with Crippen LogP contribution in [-0.2, 0) is 10.0 Å². The summed E-state index contributed by atoms with van der Waals surface area (Å²) in [5, 5.41) is 11.4. The summed E-state index contributed by atoms with van der Waals surface area (Å²) in [6.45, 7) is 1.94. The van der Waals surface area contributed by atoms with E-state index < -0.39 is 10.0 Å². The minimum Gasteiger partial charge on any atom is -0.359 e. The predicted octanol–water partition coefficient (Wildman–Crippen LogP) is 2.06. The van der Waals surface area contributed by atoms with Gasteiger partial charge in [0.05, 0.1) is 6.04 Å². The second-order valence-corrected chi connectivity index (χ2v) is 7.60. The van der Waals surface area contributed by atoms with Crippen molar-refractivity contribution in [3.05, 3.63) is 34.4 Å². The van der Waals surface area contributed by atoms with Crippen molar-refractivity contribution >= 4 is 27.2 Å². The SMILES string of the molecule is Cc1csc([C@H](Nc2ncccc2S(N)(=O)=O)C2CC2)n1. The summed E-state index contributed by atoms with van der Waals surface area (Å²) >= 11 is 1.58. The molecule has 0 radical (unpaired) electrons. The number of nitrogens with zero attached hydrogens (tertiary/aromatic N) is 2. The zero-order chi connectivity index (χ0) is 15.0. The van der Waals surface area contributed by atoms with E-state index in [0.717, 1.165) is 23.5 Å². The first-order valence-corrected chi connectivity index (χ1v) is 9.04. The molecule has 2 aromatic heterocycles. The Morgan fingerprint density at radius 3 is 2.81 bits per heavy atom. The van der Waals surface area contributed by atoms with Crippen molar-refractivity contribution in [2.75, 3.05) is 5.32 Å². The number of hydrogen-bond acceptors (Lipinski definition) is 6. The number of primary sulfonamides is 1. The maximum Gasteiger partial charge on any atom is 0.241 e. The maximum absolute atomic E-state index is 11.6. The summed E-state index contributed by atoms with van der Waals surface area (Å²) < 4.78 is 23.3. The molecule has 112 valence electrons. The molecule has 21 heavy (non-hydrogen) atoms. The van der Waals surface area contributed by atoms with Crippen LogP contribution in [0.5, 0.6) is 0 Å². The van der Waals surface area contributed by atoms with E-state index in [9.17, 15) is 8.42 Å². The molecule has 1 aliphatic carbocycles. The largest absolute Gasteiger partial charge is 0.359 e. The number of sulfonamides is 1. The van der Waals surface area contributed by atoms with E-state index in [2.05, 4.69) is 15.3 Å². The molecule has 3 N–H and O–H groups in total. The van der Waals surface area contributed by atoms with Gasteiger partial charge in [-0.15, -0.1) is 11.3 Å². The zero-order valence-corrected chi connectivity index (χ0v) is 13.1. The molecule has 1 saturated carbocycles. The number of thiazole rings is 1. The number of anilines is 1. The smallest absolute Gasteiger partial charge is 0.241 e. The van der Waals surface area contributed by atoms with E-state index >= 15 is 0 Å². The highest BCUT2D eigenvalue weighted by Crippen LogP contribution is 2.43.